The predicted molar refractivity (Wildman–Crippen MR) is 137 cm³/mol. The molecule has 0 aromatic heterocycles. The standard InChI is InChI=1S/C27H31N3O8/c1-6-30(23(18-8-7-9-20(32)15-18)24(34)28-16-22(33)37-5)25(35)21(29-26(36)38-27(2,3)4)14-17-10-12-19(31)13-11-17/h1,7-13,15,21,23,31-32H,14,16H2,2-5H3,(H,28,34)(H,29,36). The van der Waals surface area contributed by atoms with E-state index in [0.29, 0.717) is 5.56 Å². The molecule has 0 heterocycles. The molecule has 0 saturated heterocycles. The third-order valence-corrected chi connectivity index (χ3v) is 5.07. The number of alkyl carbamates (subject to hydrolysis) is 1. The highest BCUT2D eigenvalue weighted by Gasteiger charge is 2.36. The maximum Gasteiger partial charge on any atom is 0.408 e. The lowest BCUT2D eigenvalue weighted by Gasteiger charge is -2.30. The first kappa shape index (κ1) is 29.5. The maximum absolute atomic E-state index is 13.8. The molecule has 0 radical (unpaired) electrons. The van der Waals surface area contributed by atoms with Crippen LogP contribution in [0, 0.1) is 12.5 Å². The molecule has 4 N–H and O–H groups in total. The quantitative estimate of drug-likeness (QED) is 0.220. The smallest absolute Gasteiger partial charge is 0.408 e. The largest absolute Gasteiger partial charge is 0.508 e. The molecule has 11 heteroatoms. The van der Waals surface area contributed by atoms with Crippen molar-refractivity contribution in [2.45, 2.75) is 44.9 Å². The summed E-state index contributed by atoms with van der Waals surface area (Å²) in [6.45, 7) is 4.46. The number of methoxy groups -OCH3 is 1. The highest BCUT2D eigenvalue weighted by atomic mass is 16.6. The van der Waals surface area contributed by atoms with Crippen LogP contribution in [0.3, 0.4) is 0 Å². The number of hydrogen-bond acceptors (Lipinski definition) is 8. The van der Waals surface area contributed by atoms with Crippen LogP contribution >= 0.6 is 0 Å². The lowest BCUT2D eigenvalue weighted by Crippen LogP contribution is -2.52. The van der Waals surface area contributed by atoms with Gasteiger partial charge in [0.05, 0.1) is 7.11 Å². The summed E-state index contributed by atoms with van der Waals surface area (Å²) in [4.78, 5) is 51.9. The van der Waals surface area contributed by atoms with Crippen molar-refractivity contribution >= 4 is 23.9 Å². The number of esters is 1. The first-order valence-corrected chi connectivity index (χ1v) is 11.5. The molecule has 2 unspecified atom stereocenters. The number of nitrogens with one attached hydrogen (secondary N) is 2. The van der Waals surface area contributed by atoms with E-state index in [-0.39, 0.29) is 23.5 Å². The molecule has 0 fully saturated rings. The Morgan fingerprint density at radius 3 is 2.26 bits per heavy atom. The van der Waals surface area contributed by atoms with Crippen LogP contribution in [-0.4, -0.2) is 64.3 Å². The van der Waals surface area contributed by atoms with Gasteiger partial charge in [-0.05, 0) is 56.2 Å². The van der Waals surface area contributed by atoms with Gasteiger partial charge in [0.2, 0.25) is 5.91 Å². The van der Waals surface area contributed by atoms with Crippen LogP contribution in [0.5, 0.6) is 11.5 Å². The zero-order valence-electron chi connectivity index (χ0n) is 21.6. The average Bonchev–Trinajstić information content (AvgIpc) is 2.84. The molecule has 2 aromatic carbocycles. The fourth-order valence-corrected chi connectivity index (χ4v) is 3.39. The van der Waals surface area contributed by atoms with Crippen molar-refractivity contribution in [2.75, 3.05) is 13.7 Å². The van der Waals surface area contributed by atoms with Crippen LogP contribution in [0.25, 0.3) is 0 Å². The second-order valence-electron chi connectivity index (χ2n) is 9.20. The summed E-state index contributed by atoms with van der Waals surface area (Å²) in [5.41, 5.74) is -0.141. The number of amides is 3. The first-order chi connectivity index (χ1) is 17.8. The summed E-state index contributed by atoms with van der Waals surface area (Å²) in [5, 5.41) is 24.5. The molecule has 0 aliphatic heterocycles. The van der Waals surface area contributed by atoms with Crippen molar-refractivity contribution in [1.82, 2.24) is 15.5 Å². The Bertz CT molecular complexity index is 1200. The first-order valence-electron chi connectivity index (χ1n) is 11.5. The van der Waals surface area contributed by atoms with E-state index in [0.717, 1.165) is 12.0 Å². The second kappa shape index (κ2) is 13.0. The number of rotatable bonds is 9. The SMILES string of the molecule is C#CN(C(=O)C(Cc1ccc(O)cc1)NC(=O)OC(C)(C)C)C(C(=O)NCC(=O)OC)c1cccc(O)c1. The maximum atomic E-state index is 13.8. The number of nitrogens with zero attached hydrogens (tertiary/aromatic N) is 1. The fourth-order valence-electron chi connectivity index (χ4n) is 3.39. The highest BCUT2D eigenvalue weighted by molar-refractivity contribution is 5.94. The minimum absolute atomic E-state index is 0.00760. The third-order valence-electron chi connectivity index (χ3n) is 5.07. The van der Waals surface area contributed by atoms with E-state index < -0.39 is 48.1 Å². The molecule has 2 rings (SSSR count). The predicted octanol–water partition coefficient (Wildman–Crippen LogP) is 1.98. The number of hydrogen-bond donors (Lipinski definition) is 4. The summed E-state index contributed by atoms with van der Waals surface area (Å²) in [6, 6.07) is 10.9. The summed E-state index contributed by atoms with van der Waals surface area (Å²) >= 11 is 0. The zero-order chi connectivity index (χ0) is 28.5. The van der Waals surface area contributed by atoms with E-state index in [1.807, 2.05) is 0 Å². The highest BCUT2D eigenvalue weighted by Crippen LogP contribution is 2.25. The second-order valence-corrected chi connectivity index (χ2v) is 9.20. The average molecular weight is 526 g/mol. The molecule has 0 aliphatic rings. The summed E-state index contributed by atoms with van der Waals surface area (Å²) in [7, 11) is 1.15. The normalized spacial score (nSPS) is 12.3. The van der Waals surface area contributed by atoms with Crippen molar-refractivity contribution in [3.05, 3.63) is 59.7 Å². The van der Waals surface area contributed by atoms with Gasteiger partial charge in [0.1, 0.15) is 35.7 Å². The molecule has 2 aromatic rings. The number of aromatic hydroxyl groups is 2. The Balaban J connectivity index is 2.48. The van der Waals surface area contributed by atoms with Crippen LogP contribution in [-0.2, 0) is 30.3 Å². The van der Waals surface area contributed by atoms with E-state index in [4.69, 9.17) is 11.2 Å². The van der Waals surface area contributed by atoms with Gasteiger partial charge in [-0.25, -0.2) is 4.79 Å². The molecule has 0 saturated carbocycles. The van der Waals surface area contributed by atoms with Crippen molar-refractivity contribution < 1.29 is 38.9 Å². The van der Waals surface area contributed by atoms with E-state index in [2.05, 4.69) is 21.4 Å². The molecule has 0 bridgehead atoms. The van der Waals surface area contributed by atoms with Gasteiger partial charge in [-0.2, -0.15) is 0 Å². The number of carbonyl (C=O) groups is 4. The topological polar surface area (TPSA) is 154 Å². The number of phenols is 2. The Morgan fingerprint density at radius 1 is 1.05 bits per heavy atom. The van der Waals surface area contributed by atoms with Crippen molar-refractivity contribution in [3.8, 4) is 24.0 Å². The van der Waals surface area contributed by atoms with E-state index in [1.54, 1.807) is 32.9 Å². The number of ether oxygens (including phenoxy) is 2. The molecule has 0 aliphatic carbocycles. The van der Waals surface area contributed by atoms with Crippen LogP contribution in [0.1, 0.15) is 37.9 Å². The van der Waals surface area contributed by atoms with Crippen LogP contribution in [0.2, 0.25) is 0 Å². The van der Waals surface area contributed by atoms with Crippen molar-refractivity contribution in [3.63, 3.8) is 0 Å². The van der Waals surface area contributed by atoms with Gasteiger partial charge in [0.25, 0.3) is 5.91 Å². The third kappa shape index (κ3) is 8.74. The van der Waals surface area contributed by atoms with Gasteiger partial charge >= 0.3 is 12.1 Å². The molecule has 2 atom stereocenters. The van der Waals surface area contributed by atoms with Crippen LogP contribution in [0.15, 0.2) is 48.5 Å². The number of terminal acetylenes is 1. The molecular weight excluding hydrogens is 494 g/mol. The van der Waals surface area contributed by atoms with Crippen LogP contribution in [0.4, 0.5) is 4.79 Å². The van der Waals surface area contributed by atoms with Gasteiger partial charge in [0, 0.05) is 12.5 Å². The minimum atomic E-state index is -1.48. The van der Waals surface area contributed by atoms with Gasteiger partial charge in [-0.3, -0.25) is 19.3 Å². The molecule has 11 nitrogen and oxygen atoms in total. The summed E-state index contributed by atoms with van der Waals surface area (Å²) < 4.78 is 9.84. The van der Waals surface area contributed by atoms with Crippen molar-refractivity contribution in [2.24, 2.45) is 0 Å². The Labute approximate surface area is 220 Å². The Hall–Kier alpha value is -4.72. The Morgan fingerprint density at radius 2 is 1.71 bits per heavy atom. The molecule has 202 valence electrons. The molecular formula is C27H31N3O8. The number of carbonyl (C=O) groups excluding carboxylic acids is 4. The minimum Gasteiger partial charge on any atom is -0.508 e. The molecule has 3 amide bonds. The zero-order valence-corrected chi connectivity index (χ0v) is 21.6. The fraction of sp³-hybridized carbons (Fsp3) is 0.333. The van der Waals surface area contributed by atoms with Gasteiger partial charge < -0.3 is 30.3 Å². The molecule has 38 heavy (non-hydrogen) atoms. The van der Waals surface area contributed by atoms with Crippen molar-refractivity contribution in [1.29, 1.82) is 0 Å². The van der Waals surface area contributed by atoms with Crippen LogP contribution < -0.4 is 10.6 Å². The lowest BCUT2D eigenvalue weighted by atomic mass is 10.0. The summed E-state index contributed by atoms with van der Waals surface area (Å²) in [5.74, 6) is -2.58. The number of phenolic OH excluding ortho intramolecular Hbond substituents is 2. The van der Waals surface area contributed by atoms with E-state index in [9.17, 15) is 29.4 Å². The van der Waals surface area contributed by atoms with Gasteiger partial charge in [0.15, 0.2) is 0 Å². The summed E-state index contributed by atoms with van der Waals surface area (Å²) in [6.07, 6.45) is 4.74. The lowest BCUT2D eigenvalue weighted by molar-refractivity contribution is -0.142. The monoisotopic (exact) mass is 525 g/mol. The van der Waals surface area contributed by atoms with E-state index in [1.165, 1.54) is 36.4 Å². The van der Waals surface area contributed by atoms with Gasteiger partial charge in [-0.1, -0.05) is 30.7 Å². The van der Waals surface area contributed by atoms with E-state index >= 15 is 0 Å². The van der Waals surface area contributed by atoms with Gasteiger partial charge in [-0.15, -0.1) is 0 Å². The molecule has 0 spiro atoms. The Kier molecular flexibility index (Phi) is 10.1. The number of benzene rings is 2.